The molecule has 34 heavy (non-hydrogen) atoms. The first-order valence-electron chi connectivity index (χ1n) is 13.1. The molecule has 0 N–H and O–H groups in total. The van der Waals surface area contributed by atoms with E-state index < -0.39 is 0 Å². The van der Waals surface area contributed by atoms with Crippen molar-refractivity contribution in [1.82, 2.24) is 15.0 Å². The number of nitrogens with zero attached hydrogens (tertiary/aromatic N) is 3. The van der Waals surface area contributed by atoms with E-state index in [1.807, 2.05) is 0 Å². The number of aryl methyl sites for hydroxylation is 1. The van der Waals surface area contributed by atoms with Gasteiger partial charge >= 0.3 is 0 Å². The standard InChI is InChI=1S/C29H39N3O2/c1-31(2)21-26-28(33-24-10-6-7-11-24)15-13-25-27(30-34-29(25)26)14-12-22-16-18-32(19-17-22)20-23-8-4-3-5-9-23/h3-5,8-9,13,15,22,24H,6-7,10-12,14,16-21H2,1-2H3. The highest BCUT2D eigenvalue weighted by molar-refractivity contribution is 5.84. The zero-order valence-electron chi connectivity index (χ0n) is 20.8. The van der Waals surface area contributed by atoms with Crippen LogP contribution in [0.3, 0.4) is 0 Å². The highest BCUT2D eigenvalue weighted by Crippen LogP contribution is 2.35. The average molecular weight is 462 g/mol. The number of aromatic nitrogens is 1. The SMILES string of the molecule is CN(C)Cc1c(OC2CCCC2)ccc2c(CCC3CCN(Cc4ccccc4)CC3)noc12. The van der Waals surface area contributed by atoms with E-state index in [9.17, 15) is 0 Å². The van der Waals surface area contributed by atoms with Gasteiger partial charge in [-0.15, -0.1) is 0 Å². The lowest BCUT2D eigenvalue weighted by atomic mass is 9.91. The molecule has 182 valence electrons. The molecule has 3 aromatic rings. The molecule has 1 aromatic heterocycles. The molecule has 2 heterocycles. The van der Waals surface area contributed by atoms with Crippen LogP contribution in [-0.4, -0.2) is 48.2 Å². The van der Waals surface area contributed by atoms with Crippen LogP contribution in [0.4, 0.5) is 0 Å². The highest BCUT2D eigenvalue weighted by Gasteiger charge is 2.23. The Morgan fingerprint density at radius 1 is 1.00 bits per heavy atom. The molecule has 0 unspecified atom stereocenters. The quantitative estimate of drug-likeness (QED) is 0.388. The number of piperidine rings is 1. The van der Waals surface area contributed by atoms with E-state index >= 15 is 0 Å². The molecule has 0 radical (unpaired) electrons. The second-order valence-corrected chi connectivity index (χ2v) is 10.6. The fourth-order valence-electron chi connectivity index (χ4n) is 5.65. The number of likely N-dealkylation sites (tertiary alicyclic amines) is 1. The van der Waals surface area contributed by atoms with Crippen molar-refractivity contribution in [2.24, 2.45) is 5.92 Å². The van der Waals surface area contributed by atoms with Gasteiger partial charge in [0, 0.05) is 18.5 Å². The van der Waals surface area contributed by atoms with E-state index in [2.05, 4.69) is 71.5 Å². The molecule has 2 aliphatic rings. The lowest BCUT2D eigenvalue weighted by Crippen LogP contribution is -2.33. The normalized spacial score (nSPS) is 18.3. The first-order valence-corrected chi connectivity index (χ1v) is 13.1. The van der Waals surface area contributed by atoms with Crippen molar-refractivity contribution < 1.29 is 9.26 Å². The smallest absolute Gasteiger partial charge is 0.175 e. The van der Waals surface area contributed by atoms with Gasteiger partial charge in [-0.25, -0.2) is 0 Å². The fourth-order valence-corrected chi connectivity index (χ4v) is 5.65. The van der Waals surface area contributed by atoms with Gasteiger partial charge in [0.2, 0.25) is 0 Å². The minimum absolute atomic E-state index is 0.341. The van der Waals surface area contributed by atoms with Gasteiger partial charge in [-0.05, 0) is 102 Å². The van der Waals surface area contributed by atoms with Gasteiger partial charge in [0.15, 0.2) is 5.58 Å². The first kappa shape index (κ1) is 23.4. The van der Waals surface area contributed by atoms with Crippen LogP contribution in [-0.2, 0) is 19.5 Å². The number of benzene rings is 2. The monoisotopic (exact) mass is 461 g/mol. The third-order valence-corrected chi connectivity index (χ3v) is 7.59. The van der Waals surface area contributed by atoms with E-state index in [-0.39, 0.29) is 0 Å². The first-order chi connectivity index (χ1) is 16.7. The molecule has 2 fully saturated rings. The number of rotatable bonds is 9. The van der Waals surface area contributed by atoms with Gasteiger partial charge in [0.25, 0.3) is 0 Å². The maximum Gasteiger partial charge on any atom is 0.175 e. The summed E-state index contributed by atoms with van der Waals surface area (Å²) in [5.41, 5.74) is 4.58. The third-order valence-electron chi connectivity index (χ3n) is 7.59. The molecule has 0 amide bonds. The Balaban J connectivity index is 1.21. The third kappa shape index (κ3) is 5.64. The maximum absolute atomic E-state index is 6.41. The maximum atomic E-state index is 6.41. The Bertz CT molecular complexity index is 1050. The van der Waals surface area contributed by atoms with E-state index in [1.54, 1.807) is 0 Å². The van der Waals surface area contributed by atoms with Gasteiger partial charge in [-0.3, -0.25) is 4.90 Å². The summed E-state index contributed by atoms with van der Waals surface area (Å²) in [6.07, 6.45) is 9.91. The Morgan fingerprint density at radius 2 is 1.76 bits per heavy atom. The van der Waals surface area contributed by atoms with Crippen LogP contribution >= 0.6 is 0 Å². The number of fused-ring (bicyclic) bond motifs is 1. The average Bonchev–Trinajstić information content (AvgIpc) is 3.51. The van der Waals surface area contributed by atoms with Crippen molar-refractivity contribution in [1.29, 1.82) is 0 Å². The Hall–Kier alpha value is -2.37. The van der Waals surface area contributed by atoms with E-state index in [0.717, 1.165) is 66.2 Å². The van der Waals surface area contributed by atoms with Gasteiger partial charge < -0.3 is 14.2 Å². The van der Waals surface area contributed by atoms with Crippen LogP contribution in [0, 0.1) is 5.92 Å². The Kier molecular flexibility index (Phi) is 7.51. The zero-order valence-corrected chi connectivity index (χ0v) is 20.8. The molecular weight excluding hydrogens is 422 g/mol. The molecule has 5 heteroatoms. The van der Waals surface area contributed by atoms with Crippen molar-refractivity contribution in [2.75, 3.05) is 27.2 Å². The second kappa shape index (κ2) is 10.9. The molecule has 1 saturated heterocycles. The summed E-state index contributed by atoms with van der Waals surface area (Å²) in [6.45, 7) is 4.25. The summed E-state index contributed by atoms with van der Waals surface area (Å²) in [7, 11) is 4.19. The van der Waals surface area contributed by atoms with Crippen molar-refractivity contribution in [3.63, 3.8) is 0 Å². The molecule has 5 rings (SSSR count). The molecule has 0 atom stereocenters. The van der Waals surface area contributed by atoms with Crippen LogP contribution in [0.1, 0.15) is 61.8 Å². The molecule has 0 bridgehead atoms. The van der Waals surface area contributed by atoms with Crippen LogP contribution < -0.4 is 4.74 Å². The molecular formula is C29H39N3O2. The Morgan fingerprint density at radius 3 is 2.50 bits per heavy atom. The number of ether oxygens (including phenoxy) is 1. The van der Waals surface area contributed by atoms with Gasteiger partial charge in [-0.1, -0.05) is 35.5 Å². The van der Waals surface area contributed by atoms with Gasteiger partial charge in [0.1, 0.15) is 5.75 Å². The predicted molar refractivity (Wildman–Crippen MR) is 137 cm³/mol. The summed E-state index contributed by atoms with van der Waals surface area (Å²) in [5.74, 6) is 1.74. The van der Waals surface area contributed by atoms with Crippen molar-refractivity contribution in [3.8, 4) is 5.75 Å². The van der Waals surface area contributed by atoms with Crippen molar-refractivity contribution in [3.05, 3.63) is 59.3 Å². The highest BCUT2D eigenvalue weighted by atomic mass is 16.5. The minimum atomic E-state index is 0.341. The van der Waals surface area contributed by atoms with Crippen LogP contribution in [0.5, 0.6) is 5.75 Å². The lowest BCUT2D eigenvalue weighted by Gasteiger charge is -2.32. The topological polar surface area (TPSA) is 41.7 Å². The molecule has 5 nitrogen and oxygen atoms in total. The van der Waals surface area contributed by atoms with Crippen LogP contribution in [0.15, 0.2) is 47.0 Å². The molecule has 1 aliphatic carbocycles. The molecule has 1 saturated carbocycles. The van der Waals surface area contributed by atoms with Crippen LogP contribution in [0.25, 0.3) is 11.0 Å². The molecule has 0 spiro atoms. The fraction of sp³-hybridized carbons (Fsp3) is 0.552. The largest absolute Gasteiger partial charge is 0.490 e. The summed E-state index contributed by atoms with van der Waals surface area (Å²) in [4.78, 5) is 4.78. The summed E-state index contributed by atoms with van der Waals surface area (Å²) in [6, 6.07) is 15.2. The van der Waals surface area contributed by atoms with Gasteiger partial charge in [0.05, 0.1) is 17.4 Å². The summed E-state index contributed by atoms with van der Waals surface area (Å²) < 4.78 is 12.4. The Labute approximate surface area is 204 Å². The second-order valence-electron chi connectivity index (χ2n) is 10.6. The van der Waals surface area contributed by atoms with Gasteiger partial charge in [-0.2, -0.15) is 0 Å². The summed E-state index contributed by atoms with van der Waals surface area (Å²) in [5, 5.41) is 5.70. The zero-order chi connectivity index (χ0) is 23.3. The van der Waals surface area contributed by atoms with Crippen molar-refractivity contribution in [2.45, 2.75) is 70.6 Å². The van der Waals surface area contributed by atoms with Crippen molar-refractivity contribution >= 4 is 11.0 Å². The molecule has 1 aliphatic heterocycles. The predicted octanol–water partition coefficient (Wildman–Crippen LogP) is 6.06. The number of hydrogen-bond acceptors (Lipinski definition) is 5. The summed E-state index contributed by atoms with van der Waals surface area (Å²) >= 11 is 0. The van der Waals surface area contributed by atoms with E-state index in [0.29, 0.717) is 6.10 Å². The number of hydrogen-bond donors (Lipinski definition) is 0. The minimum Gasteiger partial charge on any atom is -0.490 e. The van der Waals surface area contributed by atoms with Crippen LogP contribution in [0.2, 0.25) is 0 Å². The van der Waals surface area contributed by atoms with E-state index in [1.165, 1.54) is 50.8 Å². The lowest BCUT2D eigenvalue weighted by molar-refractivity contribution is 0.172. The molecule has 2 aromatic carbocycles. The van der Waals surface area contributed by atoms with E-state index in [4.69, 9.17) is 9.26 Å².